The average molecular weight is 216 g/mol. The van der Waals surface area contributed by atoms with Crippen molar-refractivity contribution in [3.8, 4) is 5.75 Å². The lowest BCUT2D eigenvalue weighted by molar-refractivity contribution is -0.124. The van der Waals surface area contributed by atoms with E-state index in [9.17, 15) is 13.2 Å². The van der Waals surface area contributed by atoms with Gasteiger partial charge < -0.3 is 4.74 Å². The number of halogens is 3. The van der Waals surface area contributed by atoms with Gasteiger partial charge in [-0.05, 0) is 17.7 Å². The van der Waals surface area contributed by atoms with Crippen LogP contribution in [0, 0.1) is 0 Å². The van der Waals surface area contributed by atoms with Crippen molar-refractivity contribution >= 4 is 6.08 Å². The van der Waals surface area contributed by atoms with E-state index in [4.69, 9.17) is 4.74 Å². The maximum Gasteiger partial charge on any atom is 0.392 e. The highest BCUT2D eigenvalue weighted by Gasteiger charge is 2.24. The zero-order valence-electron chi connectivity index (χ0n) is 8.21. The van der Waals surface area contributed by atoms with E-state index in [0.717, 1.165) is 11.6 Å². The molecule has 0 radical (unpaired) electrons. The van der Waals surface area contributed by atoms with Gasteiger partial charge in [0.05, 0.1) is 13.5 Å². The smallest absolute Gasteiger partial charge is 0.392 e. The van der Waals surface area contributed by atoms with Gasteiger partial charge in [0.15, 0.2) is 0 Å². The summed E-state index contributed by atoms with van der Waals surface area (Å²) in [5, 5.41) is 0. The Morgan fingerprint density at radius 2 is 1.80 bits per heavy atom. The molecule has 1 rings (SSSR count). The van der Waals surface area contributed by atoms with Crippen molar-refractivity contribution in [2.24, 2.45) is 0 Å². The monoisotopic (exact) mass is 216 g/mol. The number of allylic oxidation sites excluding steroid dienone is 1. The first-order valence-electron chi connectivity index (χ1n) is 4.38. The normalized spacial score (nSPS) is 12.0. The van der Waals surface area contributed by atoms with Crippen molar-refractivity contribution in [1.29, 1.82) is 0 Å². The van der Waals surface area contributed by atoms with Gasteiger partial charge in [0.25, 0.3) is 0 Å². The lowest BCUT2D eigenvalue weighted by Gasteiger charge is -2.01. The van der Waals surface area contributed by atoms with Crippen molar-refractivity contribution < 1.29 is 17.9 Å². The molecule has 0 spiro atoms. The molecule has 0 aliphatic rings. The van der Waals surface area contributed by atoms with Gasteiger partial charge in [-0.15, -0.1) is 0 Å². The summed E-state index contributed by atoms with van der Waals surface area (Å²) in [5.74, 6) is 0.683. The molecule has 0 saturated carbocycles. The summed E-state index contributed by atoms with van der Waals surface area (Å²) in [4.78, 5) is 0. The van der Waals surface area contributed by atoms with Crippen LogP contribution in [0.3, 0.4) is 0 Å². The molecule has 0 heterocycles. The molecule has 0 N–H and O–H groups in total. The predicted molar refractivity (Wildman–Crippen MR) is 52.7 cm³/mol. The Hall–Kier alpha value is -1.45. The molecule has 1 aromatic carbocycles. The number of rotatable bonds is 3. The molecule has 0 fully saturated rings. The van der Waals surface area contributed by atoms with E-state index in [1.165, 1.54) is 13.2 Å². The second-order valence-corrected chi connectivity index (χ2v) is 2.99. The van der Waals surface area contributed by atoms with Gasteiger partial charge in [-0.1, -0.05) is 24.3 Å². The second kappa shape index (κ2) is 4.87. The van der Waals surface area contributed by atoms with Crippen LogP contribution in [0.2, 0.25) is 0 Å². The highest BCUT2D eigenvalue weighted by atomic mass is 19.4. The minimum atomic E-state index is -4.14. The molecule has 0 bridgehead atoms. The summed E-state index contributed by atoms with van der Waals surface area (Å²) in [7, 11) is 1.54. The molecule has 1 aromatic rings. The molecule has 1 nitrogen and oxygen atoms in total. The maximum absolute atomic E-state index is 11.8. The number of hydrogen-bond acceptors (Lipinski definition) is 1. The van der Waals surface area contributed by atoms with Gasteiger partial charge in [0.2, 0.25) is 0 Å². The number of methoxy groups -OCH3 is 1. The predicted octanol–water partition coefficient (Wildman–Crippen LogP) is 3.66. The summed E-state index contributed by atoms with van der Waals surface area (Å²) in [5.41, 5.74) is 0.722. The zero-order chi connectivity index (χ0) is 11.3. The van der Waals surface area contributed by atoms with E-state index in [2.05, 4.69) is 0 Å². The highest BCUT2D eigenvalue weighted by Crippen LogP contribution is 2.20. The first-order chi connectivity index (χ1) is 7.01. The van der Waals surface area contributed by atoms with Crippen molar-refractivity contribution in [1.82, 2.24) is 0 Å². The van der Waals surface area contributed by atoms with Crippen molar-refractivity contribution in [2.45, 2.75) is 12.6 Å². The maximum atomic E-state index is 11.8. The van der Waals surface area contributed by atoms with E-state index in [-0.39, 0.29) is 0 Å². The number of ether oxygens (including phenoxy) is 1. The average Bonchev–Trinajstić information content (AvgIpc) is 2.17. The highest BCUT2D eigenvalue weighted by molar-refractivity contribution is 5.50. The molecule has 0 aliphatic heterocycles. The standard InChI is InChI=1S/C11H11F3O/c1-15-10-6-4-9(5-7-10)3-2-8-11(12,13)14/h2-7H,8H2,1H3. The van der Waals surface area contributed by atoms with Crippen LogP contribution < -0.4 is 4.74 Å². The quantitative estimate of drug-likeness (QED) is 0.749. The second-order valence-electron chi connectivity index (χ2n) is 2.99. The number of benzene rings is 1. The fourth-order valence-electron chi connectivity index (χ4n) is 1.04. The van der Waals surface area contributed by atoms with Crippen LogP contribution in [0.25, 0.3) is 6.08 Å². The summed E-state index contributed by atoms with van der Waals surface area (Å²) >= 11 is 0. The summed E-state index contributed by atoms with van der Waals surface area (Å²) < 4.78 is 40.3. The van der Waals surface area contributed by atoms with Gasteiger partial charge in [-0.2, -0.15) is 13.2 Å². The number of hydrogen-bond donors (Lipinski definition) is 0. The van der Waals surface area contributed by atoms with Gasteiger partial charge in [-0.3, -0.25) is 0 Å². The SMILES string of the molecule is COc1ccc(C=CCC(F)(F)F)cc1. The largest absolute Gasteiger partial charge is 0.497 e. The third kappa shape index (κ3) is 4.54. The van der Waals surface area contributed by atoms with Crippen LogP contribution in [0.15, 0.2) is 30.3 Å². The fraction of sp³-hybridized carbons (Fsp3) is 0.273. The molecule has 0 amide bonds. The van der Waals surface area contributed by atoms with Gasteiger partial charge in [0.1, 0.15) is 5.75 Å². The summed E-state index contributed by atoms with van der Waals surface area (Å²) in [6.07, 6.45) is -2.50. The molecular formula is C11H11F3O. The van der Waals surface area contributed by atoms with Crippen LogP contribution >= 0.6 is 0 Å². The Balaban J connectivity index is 2.57. The summed E-state index contributed by atoms with van der Waals surface area (Å²) in [6, 6.07) is 6.80. The Labute approximate surface area is 86.2 Å². The molecule has 0 unspecified atom stereocenters. The first kappa shape index (κ1) is 11.6. The third-order valence-corrected chi connectivity index (χ3v) is 1.78. The minimum Gasteiger partial charge on any atom is -0.497 e. The Bertz CT molecular complexity index is 325. The van der Waals surface area contributed by atoms with E-state index >= 15 is 0 Å². The molecule has 0 saturated heterocycles. The minimum absolute atomic E-state index is 0.683. The molecule has 4 heteroatoms. The molecule has 0 aliphatic carbocycles. The van der Waals surface area contributed by atoms with Crippen LogP contribution in [0.4, 0.5) is 13.2 Å². The van der Waals surface area contributed by atoms with E-state index in [1.54, 1.807) is 24.3 Å². The van der Waals surface area contributed by atoms with E-state index in [0.29, 0.717) is 5.75 Å². The van der Waals surface area contributed by atoms with Gasteiger partial charge in [0, 0.05) is 0 Å². The lowest BCUT2D eigenvalue weighted by atomic mass is 10.2. The van der Waals surface area contributed by atoms with Gasteiger partial charge in [-0.25, -0.2) is 0 Å². The van der Waals surface area contributed by atoms with E-state index in [1.807, 2.05) is 0 Å². The van der Waals surface area contributed by atoms with Gasteiger partial charge >= 0.3 is 6.18 Å². The zero-order valence-corrected chi connectivity index (χ0v) is 8.21. The van der Waals surface area contributed by atoms with Crippen molar-refractivity contribution in [3.05, 3.63) is 35.9 Å². The molecular weight excluding hydrogens is 205 g/mol. The van der Waals surface area contributed by atoms with Crippen molar-refractivity contribution in [3.63, 3.8) is 0 Å². The van der Waals surface area contributed by atoms with E-state index < -0.39 is 12.6 Å². The topological polar surface area (TPSA) is 9.23 Å². The molecule has 0 atom stereocenters. The fourth-order valence-corrected chi connectivity index (χ4v) is 1.04. The summed E-state index contributed by atoms with van der Waals surface area (Å²) in [6.45, 7) is 0. The molecule has 82 valence electrons. The van der Waals surface area contributed by atoms with Crippen LogP contribution in [0.5, 0.6) is 5.75 Å². The third-order valence-electron chi connectivity index (χ3n) is 1.78. The molecule has 15 heavy (non-hydrogen) atoms. The number of alkyl halides is 3. The Morgan fingerprint density at radius 1 is 1.20 bits per heavy atom. The Morgan fingerprint density at radius 3 is 2.27 bits per heavy atom. The lowest BCUT2D eigenvalue weighted by Crippen LogP contribution is -2.03. The van der Waals surface area contributed by atoms with Crippen LogP contribution in [-0.2, 0) is 0 Å². The first-order valence-corrected chi connectivity index (χ1v) is 4.38. The van der Waals surface area contributed by atoms with Crippen LogP contribution in [0.1, 0.15) is 12.0 Å². The van der Waals surface area contributed by atoms with Crippen LogP contribution in [-0.4, -0.2) is 13.3 Å². The Kier molecular flexibility index (Phi) is 3.77. The molecule has 0 aromatic heterocycles. The van der Waals surface area contributed by atoms with Crippen molar-refractivity contribution in [2.75, 3.05) is 7.11 Å².